The van der Waals surface area contributed by atoms with Crippen molar-refractivity contribution in [1.82, 2.24) is 9.88 Å². The summed E-state index contributed by atoms with van der Waals surface area (Å²) in [6.07, 6.45) is 0.713. The Labute approximate surface area is 168 Å². The number of nitrogens with zero attached hydrogens (tertiary/aromatic N) is 1. The Hall–Kier alpha value is -1.56. The van der Waals surface area contributed by atoms with Crippen molar-refractivity contribution >= 4 is 34.1 Å². The van der Waals surface area contributed by atoms with Crippen molar-refractivity contribution in [3.05, 3.63) is 69.3 Å². The predicted octanol–water partition coefficient (Wildman–Crippen LogP) is 5.14. The van der Waals surface area contributed by atoms with Crippen LogP contribution in [0.3, 0.4) is 0 Å². The normalized spacial score (nSPS) is 24.9. The van der Waals surface area contributed by atoms with Crippen molar-refractivity contribution in [3.63, 3.8) is 0 Å². The van der Waals surface area contributed by atoms with Gasteiger partial charge >= 0.3 is 0 Å². The molecular formula is C21H20Cl2N2O2. The number of epoxide rings is 1. The molecule has 27 heavy (non-hydrogen) atoms. The molecule has 1 aromatic heterocycles. The molecule has 3 atom stereocenters. The lowest BCUT2D eigenvalue weighted by Gasteiger charge is -2.35. The maximum absolute atomic E-state index is 6.60. The van der Waals surface area contributed by atoms with Gasteiger partial charge in [0, 0.05) is 39.8 Å². The maximum atomic E-state index is 6.60. The van der Waals surface area contributed by atoms with Crippen molar-refractivity contribution in [3.8, 4) is 0 Å². The van der Waals surface area contributed by atoms with Crippen LogP contribution in [0.25, 0.3) is 10.9 Å². The van der Waals surface area contributed by atoms with Crippen molar-refractivity contribution < 1.29 is 9.47 Å². The molecule has 3 aromatic rings. The van der Waals surface area contributed by atoms with Crippen LogP contribution in [0, 0.1) is 0 Å². The van der Waals surface area contributed by atoms with E-state index in [1.807, 2.05) is 43.3 Å². The number of benzene rings is 2. The van der Waals surface area contributed by atoms with Crippen LogP contribution in [0.4, 0.5) is 0 Å². The fourth-order valence-corrected chi connectivity index (χ4v) is 4.61. The Kier molecular flexibility index (Phi) is 4.42. The zero-order valence-electron chi connectivity index (χ0n) is 14.9. The van der Waals surface area contributed by atoms with E-state index in [-0.39, 0.29) is 18.6 Å². The number of rotatable bonds is 4. The van der Waals surface area contributed by atoms with Gasteiger partial charge in [0.15, 0.2) is 12.5 Å². The van der Waals surface area contributed by atoms with E-state index in [0.29, 0.717) is 6.61 Å². The summed E-state index contributed by atoms with van der Waals surface area (Å²) in [4.78, 5) is 5.97. The Balaban J connectivity index is 1.64. The summed E-state index contributed by atoms with van der Waals surface area (Å²) in [5.74, 6) is 0. The van der Waals surface area contributed by atoms with E-state index in [0.717, 1.165) is 39.8 Å². The van der Waals surface area contributed by atoms with E-state index in [1.165, 1.54) is 10.9 Å². The number of fused-ring (bicyclic) bond motifs is 3. The SMILES string of the molecule is CCOC1OC1N1CCc2c([nH]c3ccc(Cl)cc23)C1c1ccccc1Cl. The van der Waals surface area contributed by atoms with E-state index >= 15 is 0 Å². The first-order valence-corrected chi connectivity index (χ1v) is 10.00. The van der Waals surface area contributed by atoms with Crippen LogP contribution in [-0.2, 0) is 15.9 Å². The van der Waals surface area contributed by atoms with Gasteiger partial charge < -0.3 is 14.5 Å². The number of H-pyrrole nitrogens is 1. The van der Waals surface area contributed by atoms with E-state index in [2.05, 4.69) is 16.0 Å². The lowest BCUT2D eigenvalue weighted by atomic mass is 9.92. The summed E-state index contributed by atoms with van der Waals surface area (Å²) in [6.45, 7) is 3.50. The highest BCUT2D eigenvalue weighted by atomic mass is 35.5. The van der Waals surface area contributed by atoms with E-state index < -0.39 is 0 Å². The second kappa shape index (κ2) is 6.80. The third-order valence-corrected chi connectivity index (χ3v) is 5.99. The Morgan fingerprint density at radius 3 is 2.89 bits per heavy atom. The van der Waals surface area contributed by atoms with Gasteiger partial charge in [0.1, 0.15) is 0 Å². The van der Waals surface area contributed by atoms with Crippen LogP contribution in [0.1, 0.15) is 29.8 Å². The number of nitrogens with one attached hydrogen (secondary N) is 1. The summed E-state index contributed by atoms with van der Waals surface area (Å²) >= 11 is 12.9. The molecule has 6 heteroatoms. The highest BCUT2D eigenvalue weighted by Crippen LogP contribution is 2.45. The first kappa shape index (κ1) is 17.5. The number of ether oxygens (including phenoxy) is 2. The minimum atomic E-state index is -0.166. The van der Waals surface area contributed by atoms with Crippen LogP contribution in [0.5, 0.6) is 0 Å². The molecule has 2 aliphatic heterocycles. The number of aromatic amines is 1. The minimum absolute atomic E-state index is 0.0101. The number of aromatic nitrogens is 1. The summed E-state index contributed by atoms with van der Waals surface area (Å²) < 4.78 is 11.5. The molecule has 1 fully saturated rings. The molecule has 4 nitrogen and oxygen atoms in total. The van der Waals surface area contributed by atoms with Gasteiger partial charge in [-0.2, -0.15) is 0 Å². The van der Waals surface area contributed by atoms with Gasteiger partial charge in [-0.05, 0) is 48.7 Å². The maximum Gasteiger partial charge on any atom is 0.199 e. The van der Waals surface area contributed by atoms with Crippen LogP contribution in [0.2, 0.25) is 10.0 Å². The topological polar surface area (TPSA) is 40.8 Å². The molecule has 140 valence electrons. The first-order valence-electron chi connectivity index (χ1n) is 9.24. The summed E-state index contributed by atoms with van der Waals surface area (Å²) in [5, 5.41) is 2.70. The molecule has 3 unspecified atom stereocenters. The minimum Gasteiger partial charge on any atom is -0.357 e. The fourth-order valence-electron chi connectivity index (χ4n) is 4.20. The molecule has 0 spiro atoms. The molecule has 3 heterocycles. The molecule has 2 aromatic carbocycles. The molecule has 0 bridgehead atoms. The number of hydrogen-bond acceptors (Lipinski definition) is 3. The van der Waals surface area contributed by atoms with E-state index in [1.54, 1.807) is 0 Å². The third kappa shape index (κ3) is 2.96. The lowest BCUT2D eigenvalue weighted by molar-refractivity contribution is 0.0591. The summed E-state index contributed by atoms with van der Waals surface area (Å²) in [6, 6.07) is 14.0. The van der Waals surface area contributed by atoms with E-state index in [4.69, 9.17) is 32.7 Å². The predicted molar refractivity (Wildman–Crippen MR) is 107 cm³/mol. The van der Waals surface area contributed by atoms with Gasteiger partial charge in [0.25, 0.3) is 0 Å². The van der Waals surface area contributed by atoms with Crippen molar-refractivity contribution in [2.75, 3.05) is 13.2 Å². The monoisotopic (exact) mass is 402 g/mol. The third-order valence-electron chi connectivity index (χ3n) is 5.41. The molecule has 0 amide bonds. The zero-order chi connectivity index (χ0) is 18.5. The standard InChI is InChI=1S/C21H20Cl2N2O2/c1-2-26-21-20(27-21)25-10-9-13-15-11-12(22)7-8-17(15)24-18(13)19(25)14-5-3-4-6-16(14)23/h3-8,11,19-21,24H,2,9-10H2,1H3. The second-order valence-electron chi connectivity index (χ2n) is 6.97. The molecule has 0 aliphatic carbocycles. The summed E-state index contributed by atoms with van der Waals surface area (Å²) in [5.41, 5.74) is 4.64. The van der Waals surface area contributed by atoms with E-state index in [9.17, 15) is 0 Å². The molecule has 5 rings (SSSR count). The first-order chi connectivity index (χ1) is 13.2. The van der Waals surface area contributed by atoms with Crippen molar-refractivity contribution in [2.45, 2.75) is 31.9 Å². The highest BCUT2D eigenvalue weighted by molar-refractivity contribution is 6.31. The van der Waals surface area contributed by atoms with Crippen LogP contribution in [0.15, 0.2) is 42.5 Å². The van der Waals surface area contributed by atoms with Crippen LogP contribution < -0.4 is 0 Å². The fraction of sp³-hybridized carbons (Fsp3) is 0.333. The molecule has 2 aliphatic rings. The van der Waals surface area contributed by atoms with Gasteiger partial charge in [-0.25, -0.2) is 0 Å². The van der Waals surface area contributed by atoms with Gasteiger partial charge in [0.2, 0.25) is 0 Å². The molecule has 0 saturated carbocycles. The van der Waals surface area contributed by atoms with Crippen molar-refractivity contribution in [2.24, 2.45) is 0 Å². The Morgan fingerprint density at radius 1 is 1.22 bits per heavy atom. The van der Waals surface area contributed by atoms with Gasteiger partial charge in [-0.3, -0.25) is 4.90 Å². The average Bonchev–Trinajstić information content (AvgIpc) is 3.33. The second-order valence-corrected chi connectivity index (χ2v) is 7.81. The Morgan fingerprint density at radius 2 is 2.07 bits per heavy atom. The van der Waals surface area contributed by atoms with Crippen LogP contribution in [-0.4, -0.2) is 35.6 Å². The molecular weight excluding hydrogens is 383 g/mol. The Bertz CT molecular complexity index is 1000. The molecule has 1 saturated heterocycles. The molecule has 0 radical (unpaired) electrons. The number of halogens is 2. The largest absolute Gasteiger partial charge is 0.357 e. The highest BCUT2D eigenvalue weighted by Gasteiger charge is 2.49. The summed E-state index contributed by atoms with van der Waals surface area (Å²) in [7, 11) is 0. The van der Waals surface area contributed by atoms with Gasteiger partial charge in [-0.15, -0.1) is 0 Å². The van der Waals surface area contributed by atoms with Gasteiger partial charge in [0.05, 0.1) is 6.04 Å². The van der Waals surface area contributed by atoms with Gasteiger partial charge in [-0.1, -0.05) is 41.4 Å². The quantitative estimate of drug-likeness (QED) is 0.614. The lowest BCUT2D eigenvalue weighted by Crippen LogP contribution is -2.39. The zero-order valence-corrected chi connectivity index (χ0v) is 16.4. The number of hydrogen-bond donors (Lipinski definition) is 1. The van der Waals surface area contributed by atoms with Crippen molar-refractivity contribution in [1.29, 1.82) is 0 Å². The van der Waals surface area contributed by atoms with Crippen LogP contribution >= 0.6 is 23.2 Å². The molecule has 1 N–H and O–H groups in total. The smallest absolute Gasteiger partial charge is 0.199 e. The average molecular weight is 403 g/mol.